The topological polar surface area (TPSA) is 104 Å². The second kappa shape index (κ2) is 11.2. The maximum absolute atomic E-state index is 13.5. The van der Waals surface area contributed by atoms with Crippen molar-refractivity contribution in [3.05, 3.63) is 46.6 Å². The molecule has 2 aliphatic rings. The normalized spacial score (nSPS) is 26.1. The molecule has 5 rings (SSSR count). The third-order valence-electron chi connectivity index (χ3n) is 8.72. The molecule has 0 spiro atoms. The average Bonchev–Trinajstić information content (AvgIpc) is 3.35. The number of hydrogen-bond donors (Lipinski definition) is 2. The number of nitrogens with zero attached hydrogens (tertiary/aromatic N) is 4. The second-order valence-corrected chi connectivity index (χ2v) is 12.6. The summed E-state index contributed by atoms with van der Waals surface area (Å²) in [4.78, 5) is 40.0. The number of hydrogen-bond acceptors (Lipinski definition) is 7. The fraction of sp³-hybridized carbons (Fsp3) is 0.533. The predicted molar refractivity (Wildman–Crippen MR) is 158 cm³/mol. The van der Waals surface area contributed by atoms with E-state index in [1.807, 2.05) is 6.92 Å². The number of aromatic nitrogens is 2. The van der Waals surface area contributed by atoms with E-state index in [0.717, 1.165) is 42.3 Å². The van der Waals surface area contributed by atoms with Gasteiger partial charge in [0.2, 0.25) is 0 Å². The van der Waals surface area contributed by atoms with E-state index >= 15 is 0 Å². The van der Waals surface area contributed by atoms with Gasteiger partial charge >= 0.3 is 11.8 Å². The number of pyridine rings is 1. The number of likely N-dealkylation sites (tertiary alicyclic amines) is 2. The van der Waals surface area contributed by atoms with Crippen molar-refractivity contribution in [3.8, 4) is 0 Å². The largest absolute Gasteiger partial charge is 0.383 e. The van der Waals surface area contributed by atoms with Crippen LogP contribution >= 0.6 is 11.3 Å². The SMILES string of the molecule is CCc1cc(NC(=O)C(=O)N2CC(C)CCC2c2ccc3sc(C4CC(C)N(C)C(C)C4)nc3c2)cnc1N. The minimum Gasteiger partial charge on any atom is -0.383 e. The van der Waals surface area contributed by atoms with Crippen molar-refractivity contribution in [3.63, 3.8) is 0 Å². The number of carbonyl (C=O) groups is 2. The molecule has 2 aliphatic heterocycles. The first kappa shape index (κ1) is 27.5. The van der Waals surface area contributed by atoms with E-state index in [-0.39, 0.29) is 6.04 Å². The fourth-order valence-corrected chi connectivity index (χ4v) is 7.22. The molecule has 0 radical (unpaired) electrons. The second-order valence-electron chi connectivity index (χ2n) is 11.5. The molecule has 4 unspecified atom stereocenters. The van der Waals surface area contributed by atoms with Crippen LogP contribution in [0.3, 0.4) is 0 Å². The van der Waals surface area contributed by atoms with Crippen molar-refractivity contribution in [1.29, 1.82) is 0 Å². The van der Waals surface area contributed by atoms with Crippen molar-refractivity contribution < 1.29 is 9.59 Å². The summed E-state index contributed by atoms with van der Waals surface area (Å²) >= 11 is 1.79. The van der Waals surface area contributed by atoms with Crippen LogP contribution in [0.5, 0.6) is 0 Å². The van der Waals surface area contributed by atoms with E-state index in [2.05, 4.69) is 61.2 Å². The van der Waals surface area contributed by atoms with Crippen LogP contribution in [0.1, 0.15) is 81.5 Å². The highest BCUT2D eigenvalue weighted by Crippen LogP contribution is 2.40. The van der Waals surface area contributed by atoms with Crippen molar-refractivity contribution in [1.82, 2.24) is 19.8 Å². The van der Waals surface area contributed by atoms with Crippen LogP contribution in [0.25, 0.3) is 10.2 Å². The Bertz CT molecular complexity index is 1360. The van der Waals surface area contributed by atoms with Gasteiger partial charge < -0.3 is 20.9 Å². The minimum atomic E-state index is -0.648. The summed E-state index contributed by atoms with van der Waals surface area (Å²) in [5.41, 5.74) is 9.25. The molecular formula is C30H40N6O2S. The number of rotatable bonds is 4. The molecule has 0 bridgehead atoms. The van der Waals surface area contributed by atoms with Gasteiger partial charge in [0, 0.05) is 24.5 Å². The van der Waals surface area contributed by atoms with E-state index in [1.54, 1.807) is 22.3 Å². The first-order valence-electron chi connectivity index (χ1n) is 14.1. The molecule has 2 fully saturated rings. The van der Waals surface area contributed by atoms with Gasteiger partial charge in [-0.25, -0.2) is 9.97 Å². The van der Waals surface area contributed by atoms with Gasteiger partial charge in [-0.15, -0.1) is 11.3 Å². The monoisotopic (exact) mass is 548 g/mol. The van der Waals surface area contributed by atoms with Crippen LogP contribution in [0.2, 0.25) is 0 Å². The Balaban J connectivity index is 1.36. The highest BCUT2D eigenvalue weighted by atomic mass is 32.1. The fourth-order valence-electron chi connectivity index (χ4n) is 6.14. The number of piperidine rings is 2. The molecule has 2 aromatic heterocycles. The molecule has 4 atom stereocenters. The van der Waals surface area contributed by atoms with E-state index < -0.39 is 11.8 Å². The maximum atomic E-state index is 13.5. The zero-order valence-corrected chi connectivity index (χ0v) is 24.4. The highest BCUT2D eigenvalue weighted by molar-refractivity contribution is 7.18. The standard InChI is InChI=1S/C30H40N6O2S/c1-6-20-13-23(15-32-27(20)31)33-28(37)30(38)36-16-17(2)7-9-25(36)21-8-10-26-24(14-21)34-29(39-26)22-11-18(3)35(5)19(4)12-22/h8,10,13-15,17-19,22,25H,6-7,9,11-12,16H2,1-5H3,(H2,31,32)(H,33,37). The lowest BCUT2D eigenvalue weighted by Gasteiger charge is -2.39. The third-order valence-corrected chi connectivity index (χ3v) is 9.92. The highest BCUT2D eigenvalue weighted by Gasteiger charge is 2.35. The van der Waals surface area contributed by atoms with E-state index in [9.17, 15) is 9.59 Å². The van der Waals surface area contributed by atoms with Gasteiger partial charge in [-0.3, -0.25) is 9.59 Å². The maximum Gasteiger partial charge on any atom is 0.313 e. The molecule has 3 N–H and O–H groups in total. The Labute approximate surface area is 235 Å². The molecule has 9 heteroatoms. The number of fused-ring (bicyclic) bond motifs is 1. The third kappa shape index (κ3) is 5.65. The van der Waals surface area contributed by atoms with Gasteiger partial charge in [0.25, 0.3) is 0 Å². The number of anilines is 2. The van der Waals surface area contributed by atoms with Crippen LogP contribution in [0.4, 0.5) is 11.5 Å². The molecule has 0 saturated carbocycles. The van der Waals surface area contributed by atoms with Gasteiger partial charge in [-0.05, 0) is 88.2 Å². The van der Waals surface area contributed by atoms with Crippen molar-refractivity contribution in [2.45, 2.75) is 83.8 Å². The van der Waals surface area contributed by atoms with Gasteiger partial charge in [0.15, 0.2) is 0 Å². The van der Waals surface area contributed by atoms with E-state index in [0.29, 0.717) is 48.4 Å². The van der Waals surface area contributed by atoms with Crippen LogP contribution in [-0.2, 0) is 16.0 Å². The first-order valence-corrected chi connectivity index (χ1v) is 14.9. The molecule has 4 heterocycles. The average molecular weight is 549 g/mol. The molecule has 2 amide bonds. The molecule has 0 aliphatic carbocycles. The van der Waals surface area contributed by atoms with E-state index in [1.165, 1.54) is 15.9 Å². The van der Waals surface area contributed by atoms with Crippen molar-refractivity contribution in [2.75, 3.05) is 24.6 Å². The summed E-state index contributed by atoms with van der Waals surface area (Å²) in [6.07, 6.45) is 6.25. The molecule has 208 valence electrons. The smallest absolute Gasteiger partial charge is 0.313 e. The molecule has 3 aromatic rings. The first-order chi connectivity index (χ1) is 18.6. The van der Waals surface area contributed by atoms with Gasteiger partial charge in [-0.1, -0.05) is 19.9 Å². The number of nitrogens with one attached hydrogen (secondary N) is 1. The summed E-state index contributed by atoms with van der Waals surface area (Å²) in [7, 11) is 2.21. The Morgan fingerprint density at radius 2 is 1.87 bits per heavy atom. The minimum absolute atomic E-state index is 0.159. The number of nitrogens with two attached hydrogens (primary N) is 1. The lowest BCUT2D eigenvalue weighted by molar-refractivity contribution is -0.146. The van der Waals surface area contributed by atoms with Crippen molar-refractivity contribution >= 4 is 44.9 Å². The molecule has 8 nitrogen and oxygen atoms in total. The lowest BCUT2D eigenvalue weighted by Crippen LogP contribution is -2.46. The number of amides is 2. The van der Waals surface area contributed by atoms with Crippen LogP contribution in [-0.4, -0.2) is 57.3 Å². The molecule has 39 heavy (non-hydrogen) atoms. The summed E-state index contributed by atoms with van der Waals surface area (Å²) in [5, 5.41) is 3.96. The predicted octanol–water partition coefficient (Wildman–Crippen LogP) is 5.36. The number of thiazole rings is 1. The van der Waals surface area contributed by atoms with Crippen LogP contribution in [0.15, 0.2) is 30.5 Å². The number of benzene rings is 1. The summed E-state index contributed by atoms with van der Waals surface area (Å²) in [6, 6.07) is 9.08. The Morgan fingerprint density at radius 3 is 2.59 bits per heavy atom. The Hall–Kier alpha value is -3.04. The summed E-state index contributed by atoms with van der Waals surface area (Å²) < 4.78 is 1.18. The van der Waals surface area contributed by atoms with Crippen LogP contribution in [0, 0.1) is 5.92 Å². The summed E-state index contributed by atoms with van der Waals surface area (Å²) in [6.45, 7) is 9.24. The van der Waals surface area contributed by atoms with Gasteiger partial charge in [0.1, 0.15) is 5.82 Å². The molecule has 2 saturated heterocycles. The number of nitrogen functional groups attached to an aromatic ring is 1. The van der Waals surface area contributed by atoms with E-state index in [4.69, 9.17) is 10.7 Å². The Morgan fingerprint density at radius 1 is 1.13 bits per heavy atom. The molecule has 1 aromatic carbocycles. The van der Waals surface area contributed by atoms with Crippen LogP contribution < -0.4 is 11.1 Å². The zero-order valence-electron chi connectivity index (χ0n) is 23.6. The van der Waals surface area contributed by atoms with Gasteiger partial charge in [0.05, 0.1) is 33.2 Å². The quantitative estimate of drug-likeness (QED) is 0.426. The number of carbonyl (C=O) groups excluding carboxylic acids is 2. The Kier molecular flexibility index (Phi) is 7.91. The zero-order chi connectivity index (χ0) is 27.8. The number of aryl methyl sites for hydroxylation is 1. The molecular weight excluding hydrogens is 508 g/mol. The summed E-state index contributed by atoms with van der Waals surface area (Å²) in [5.74, 6) is 0.0681. The lowest BCUT2D eigenvalue weighted by atomic mass is 9.88. The van der Waals surface area contributed by atoms with Gasteiger partial charge in [-0.2, -0.15) is 0 Å². The van der Waals surface area contributed by atoms with Crippen molar-refractivity contribution in [2.24, 2.45) is 5.92 Å².